The summed E-state index contributed by atoms with van der Waals surface area (Å²) in [6.45, 7) is 4.40. The number of likely N-dealkylation sites (tertiary alicyclic amines) is 1. The molecule has 23 heavy (non-hydrogen) atoms. The number of aryl methyl sites for hydroxylation is 2. The van der Waals surface area contributed by atoms with E-state index in [9.17, 15) is 9.59 Å². The lowest BCUT2D eigenvalue weighted by atomic mass is 10.1. The number of rotatable bonds is 4. The molecule has 6 heteroatoms. The number of H-pyrrole nitrogens is 1. The van der Waals surface area contributed by atoms with Crippen molar-refractivity contribution in [3.8, 4) is 0 Å². The van der Waals surface area contributed by atoms with Crippen molar-refractivity contribution in [1.29, 1.82) is 0 Å². The molecule has 1 aliphatic heterocycles. The first-order chi connectivity index (χ1) is 11.1. The van der Waals surface area contributed by atoms with E-state index in [0.717, 1.165) is 25.1 Å². The zero-order valence-corrected chi connectivity index (χ0v) is 14.3. The van der Waals surface area contributed by atoms with Gasteiger partial charge < -0.3 is 9.88 Å². The van der Waals surface area contributed by atoms with Crippen LogP contribution in [-0.4, -0.2) is 27.3 Å². The van der Waals surface area contributed by atoms with Crippen molar-refractivity contribution in [2.24, 2.45) is 0 Å². The fourth-order valence-corrected chi connectivity index (χ4v) is 4.14. The molecule has 2 aromatic heterocycles. The van der Waals surface area contributed by atoms with Gasteiger partial charge >= 0.3 is 0 Å². The third-order valence-corrected chi connectivity index (χ3v) is 5.35. The fourth-order valence-electron chi connectivity index (χ4n) is 3.26. The maximum Gasteiger partial charge on any atom is 0.254 e. The van der Waals surface area contributed by atoms with Gasteiger partial charge in [-0.25, -0.2) is 4.98 Å². The van der Waals surface area contributed by atoms with Crippen molar-refractivity contribution in [3.05, 3.63) is 49.8 Å². The van der Waals surface area contributed by atoms with E-state index in [1.807, 2.05) is 17.9 Å². The average molecular weight is 331 g/mol. The van der Waals surface area contributed by atoms with Gasteiger partial charge in [0, 0.05) is 29.1 Å². The van der Waals surface area contributed by atoms with Gasteiger partial charge in [-0.2, -0.15) is 0 Å². The van der Waals surface area contributed by atoms with Gasteiger partial charge in [-0.1, -0.05) is 6.07 Å². The summed E-state index contributed by atoms with van der Waals surface area (Å²) in [6.07, 6.45) is 2.87. The molecule has 1 saturated heterocycles. The molecule has 3 rings (SSSR count). The van der Waals surface area contributed by atoms with Crippen LogP contribution >= 0.6 is 11.3 Å². The summed E-state index contributed by atoms with van der Waals surface area (Å²) in [5, 5.41) is 2.05. The van der Waals surface area contributed by atoms with E-state index in [1.54, 1.807) is 18.3 Å². The number of nitrogens with zero attached hydrogens (tertiary/aromatic N) is 2. The van der Waals surface area contributed by atoms with E-state index >= 15 is 0 Å². The molecule has 5 nitrogen and oxygen atoms in total. The largest absolute Gasteiger partial charge is 0.335 e. The molecule has 2 aromatic rings. The SMILES string of the molecule is Cc1nc(C)c(CCC(=O)N2CCCC2c2cccs2)c(=O)[nH]1. The molecule has 1 atom stereocenters. The predicted octanol–water partition coefficient (Wildman–Crippen LogP) is 2.74. The lowest BCUT2D eigenvalue weighted by Gasteiger charge is -2.24. The highest BCUT2D eigenvalue weighted by Crippen LogP contribution is 2.34. The second-order valence-electron chi connectivity index (χ2n) is 5.98. The number of hydrogen-bond acceptors (Lipinski definition) is 4. The minimum Gasteiger partial charge on any atom is -0.335 e. The van der Waals surface area contributed by atoms with Crippen LogP contribution in [0, 0.1) is 13.8 Å². The summed E-state index contributed by atoms with van der Waals surface area (Å²) in [4.78, 5) is 34.9. The molecular weight excluding hydrogens is 310 g/mol. The smallest absolute Gasteiger partial charge is 0.254 e. The van der Waals surface area contributed by atoms with Gasteiger partial charge in [-0.15, -0.1) is 11.3 Å². The summed E-state index contributed by atoms with van der Waals surface area (Å²) in [5.41, 5.74) is 1.21. The number of carbonyl (C=O) groups is 1. The average Bonchev–Trinajstić information content (AvgIpc) is 3.16. The number of aromatic nitrogens is 2. The highest BCUT2D eigenvalue weighted by Gasteiger charge is 2.30. The van der Waals surface area contributed by atoms with Gasteiger partial charge in [0.1, 0.15) is 5.82 Å². The van der Waals surface area contributed by atoms with Crippen LogP contribution in [0.1, 0.15) is 47.3 Å². The van der Waals surface area contributed by atoms with Gasteiger partial charge in [-0.3, -0.25) is 9.59 Å². The molecule has 1 N–H and O–H groups in total. The van der Waals surface area contributed by atoms with E-state index in [1.165, 1.54) is 4.88 Å². The Balaban J connectivity index is 1.69. The first-order valence-electron chi connectivity index (χ1n) is 7.95. The maximum atomic E-state index is 12.6. The van der Waals surface area contributed by atoms with Crippen LogP contribution in [0.2, 0.25) is 0 Å². The third kappa shape index (κ3) is 3.37. The lowest BCUT2D eigenvalue weighted by Crippen LogP contribution is -2.31. The Labute approximate surface area is 139 Å². The molecule has 0 spiro atoms. The number of thiophene rings is 1. The van der Waals surface area contributed by atoms with Crippen LogP contribution in [0.15, 0.2) is 22.3 Å². The number of amides is 1. The molecule has 0 saturated carbocycles. The van der Waals surface area contributed by atoms with E-state index in [4.69, 9.17) is 0 Å². The lowest BCUT2D eigenvalue weighted by molar-refractivity contribution is -0.132. The first-order valence-corrected chi connectivity index (χ1v) is 8.83. The van der Waals surface area contributed by atoms with Crippen LogP contribution in [0.5, 0.6) is 0 Å². The maximum absolute atomic E-state index is 12.6. The fraction of sp³-hybridized carbons (Fsp3) is 0.471. The van der Waals surface area contributed by atoms with Gasteiger partial charge in [0.15, 0.2) is 0 Å². The number of aromatic amines is 1. The molecule has 1 amide bonds. The Morgan fingerprint density at radius 1 is 1.48 bits per heavy atom. The number of carbonyl (C=O) groups excluding carboxylic acids is 1. The molecule has 0 radical (unpaired) electrons. The molecule has 1 fully saturated rings. The zero-order valence-electron chi connectivity index (χ0n) is 13.5. The van der Waals surface area contributed by atoms with Gasteiger partial charge in [0.2, 0.25) is 5.91 Å². The van der Waals surface area contributed by atoms with Crippen molar-refractivity contribution in [3.63, 3.8) is 0 Å². The van der Waals surface area contributed by atoms with E-state index in [2.05, 4.69) is 21.4 Å². The Morgan fingerprint density at radius 3 is 3.00 bits per heavy atom. The van der Waals surface area contributed by atoms with Crippen LogP contribution in [0.3, 0.4) is 0 Å². The van der Waals surface area contributed by atoms with Crippen molar-refractivity contribution >= 4 is 17.2 Å². The van der Waals surface area contributed by atoms with Crippen molar-refractivity contribution < 1.29 is 4.79 Å². The van der Waals surface area contributed by atoms with Gasteiger partial charge in [-0.05, 0) is 44.6 Å². The van der Waals surface area contributed by atoms with Crippen molar-refractivity contribution in [2.75, 3.05) is 6.54 Å². The standard InChI is InChI=1S/C17H21N3O2S/c1-11-13(17(22)19-12(2)18-11)7-8-16(21)20-9-3-5-14(20)15-6-4-10-23-15/h4,6,10,14H,3,5,7-9H2,1-2H3,(H,18,19,22). The van der Waals surface area contributed by atoms with E-state index in [-0.39, 0.29) is 17.5 Å². The predicted molar refractivity (Wildman–Crippen MR) is 90.7 cm³/mol. The first kappa shape index (κ1) is 15.9. The van der Waals surface area contributed by atoms with Crippen molar-refractivity contribution in [2.45, 2.75) is 45.6 Å². The quantitative estimate of drug-likeness (QED) is 0.937. The van der Waals surface area contributed by atoms with Crippen LogP contribution in [0.25, 0.3) is 0 Å². The molecule has 1 aliphatic rings. The molecule has 0 aliphatic carbocycles. The van der Waals surface area contributed by atoms with Gasteiger partial charge in [0.05, 0.1) is 6.04 Å². The van der Waals surface area contributed by atoms with E-state index in [0.29, 0.717) is 24.2 Å². The van der Waals surface area contributed by atoms with Crippen LogP contribution in [-0.2, 0) is 11.2 Å². The Bertz CT molecular complexity index is 752. The third-order valence-electron chi connectivity index (χ3n) is 4.37. The summed E-state index contributed by atoms with van der Waals surface area (Å²) in [6, 6.07) is 4.33. The molecule has 122 valence electrons. The summed E-state index contributed by atoms with van der Waals surface area (Å²) >= 11 is 1.70. The normalized spacial score (nSPS) is 17.7. The highest BCUT2D eigenvalue weighted by molar-refractivity contribution is 7.10. The zero-order chi connectivity index (χ0) is 16.4. The Hall–Kier alpha value is -1.95. The minimum atomic E-state index is -0.126. The minimum absolute atomic E-state index is 0.125. The Kier molecular flexibility index (Phi) is 4.61. The summed E-state index contributed by atoms with van der Waals surface area (Å²) < 4.78 is 0. The molecular formula is C17H21N3O2S. The van der Waals surface area contributed by atoms with Gasteiger partial charge in [0.25, 0.3) is 5.56 Å². The second kappa shape index (κ2) is 6.66. The van der Waals surface area contributed by atoms with E-state index < -0.39 is 0 Å². The number of nitrogens with one attached hydrogen (secondary N) is 1. The molecule has 0 bridgehead atoms. The summed E-state index contributed by atoms with van der Waals surface area (Å²) in [7, 11) is 0. The monoisotopic (exact) mass is 331 g/mol. The molecule has 0 aromatic carbocycles. The summed E-state index contributed by atoms with van der Waals surface area (Å²) in [5.74, 6) is 0.736. The Morgan fingerprint density at radius 2 is 2.30 bits per heavy atom. The molecule has 3 heterocycles. The second-order valence-corrected chi connectivity index (χ2v) is 6.96. The van der Waals surface area contributed by atoms with Crippen LogP contribution in [0.4, 0.5) is 0 Å². The topological polar surface area (TPSA) is 66.1 Å². The highest BCUT2D eigenvalue weighted by atomic mass is 32.1. The van der Waals surface area contributed by atoms with Crippen molar-refractivity contribution in [1.82, 2.24) is 14.9 Å². The molecule has 1 unspecified atom stereocenters. The number of hydrogen-bond donors (Lipinski definition) is 1. The van der Waals surface area contributed by atoms with Crippen LogP contribution < -0.4 is 5.56 Å².